The molecule has 2 aromatic rings. The molecule has 138 valence electrons. The van der Waals surface area contributed by atoms with Crippen LogP contribution in [0, 0.1) is 11.3 Å². The number of hydroxylamine groups is 1. The largest absolute Gasteiger partial charge is 0.479 e. The third-order valence-corrected chi connectivity index (χ3v) is 3.46. The molecular formula is C14H11ClF3N5O3. The Hall–Kier alpha value is -2.68. The molecule has 0 aliphatic carbocycles. The van der Waals surface area contributed by atoms with Crippen molar-refractivity contribution >= 4 is 17.6 Å². The Labute approximate surface area is 149 Å². The van der Waals surface area contributed by atoms with Crippen LogP contribution in [-0.4, -0.2) is 31.9 Å². The Morgan fingerprint density at radius 3 is 2.77 bits per heavy atom. The topological polar surface area (TPSA) is 113 Å². The number of nitrogens with zero attached hydrogens (tertiary/aromatic N) is 4. The summed E-state index contributed by atoms with van der Waals surface area (Å²) in [5.74, 6) is -1.33. The van der Waals surface area contributed by atoms with Crippen molar-refractivity contribution in [1.82, 2.24) is 20.2 Å². The quantitative estimate of drug-likeness (QED) is 0.729. The highest BCUT2D eigenvalue weighted by Crippen LogP contribution is 2.32. The molecule has 0 fully saturated rings. The summed E-state index contributed by atoms with van der Waals surface area (Å²) < 4.78 is 39.2. The molecule has 2 N–H and O–H groups in total. The van der Waals surface area contributed by atoms with Gasteiger partial charge in [-0.1, -0.05) is 11.6 Å². The molecule has 2 aromatic heterocycles. The van der Waals surface area contributed by atoms with Gasteiger partial charge in [-0.25, -0.2) is 14.5 Å². The van der Waals surface area contributed by atoms with E-state index in [1.54, 1.807) is 0 Å². The predicted octanol–water partition coefficient (Wildman–Crippen LogP) is 2.31. The Balaban J connectivity index is 2.32. The molecule has 0 aliphatic rings. The number of nitriles is 1. The van der Waals surface area contributed by atoms with Gasteiger partial charge in [0.25, 0.3) is 0 Å². The van der Waals surface area contributed by atoms with E-state index in [-0.39, 0.29) is 28.6 Å². The normalized spacial score (nSPS) is 12.6. The fourth-order valence-electron chi connectivity index (χ4n) is 1.85. The fourth-order valence-corrected chi connectivity index (χ4v) is 2.09. The Morgan fingerprint density at radius 2 is 2.23 bits per heavy atom. The summed E-state index contributed by atoms with van der Waals surface area (Å²) in [5, 5.41) is 21.4. The van der Waals surface area contributed by atoms with Gasteiger partial charge in [0.15, 0.2) is 11.9 Å². The first-order chi connectivity index (χ1) is 12.1. The third-order valence-electron chi connectivity index (χ3n) is 3.19. The van der Waals surface area contributed by atoms with Gasteiger partial charge in [0.2, 0.25) is 0 Å². The Morgan fingerprint density at radius 1 is 1.54 bits per heavy atom. The zero-order valence-electron chi connectivity index (χ0n) is 13.1. The number of hydrogen-bond donors (Lipinski definition) is 2. The summed E-state index contributed by atoms with van der Waals surface area (Å²) >= 11 is 5.88. The van der Waals surface area contributed by atoms with E-state index < -0.39 is 23.8 Å². The van der Waals surface area contributed by atoms with Crippen LogP contribution in [-0.2, 0) is 22.4 Å². The van der Waals surface area contributed by atoms with Crippen molar-refractivity contribution in [3.8, 4) is 11.9 Å². The lowest BCUT2D eigenvalue weighted by Gasteiger charge is -2.13. The summed E-state index contributed by atoms with van der Waals surface area (Å²) in [7, 11) is 0. The van der Waals surface area contributed by atoms with Crippen LogP contribution < -0.4 is 5.48 Å². The number of alkyl halides is 3. The van der Waals surface area contributed by atoms with E-state index in [2.05, 4.69) is 15.6 Å². The molecule has 0 bridgehead atoms. The number of pyridine rings is 1. The highest BCUT2D eigenvalue weighted by molar-refractivity contribution is 6.32. The number of carboxylic acid groups (broad SMARTS) is 1. The van der Waals surface area contributed by atoms with E-state index in [1.807, 2.05) is 6.07 Å². The lowest BCUT2D eigenvalue weighted by atomic mass is 10.2. The minimum absolute atomic E-state index is 0.0850. The number of carbonyl (C=O) groups is 1. The van der Waals surface area contributed by atoms with Crippen LogP contribution in [0.3, 0.4) is 0 Å². The highest BCUT2D eigenvalue weighted by Gasteiger charge is 2.32. The van der Waals surface area contributed by atoms with E-state index >= 15 is 0 Å². The number of nitrogens with one attached hydrogen (secondary N) is 1. The van der Waals surface area contributed by atoms with Crippen molar-refractivity contribution in [1.29, 1.82) is 5.26 Å². The summed E-state index contributed by atoms with van der Waals surface area (Å²) in [5.41, 5.74) is 1.60. The number of aromatic nitrogens is 3. The number of carboxylic acids is 1. The molecule has 0 amide bonds. The maximum absolute atomic E-state index is 12.7. The van der Waals surface area contributed by atoms with Crippen molar-refractivity contribution < 1.29 is 27.9 Å². The summed E-state index contributed by atoms with van der Waals surface area (Å²) in [6.07, 6.45) is -4.00. The van der Waals surface area contributed by atoms with E-state index in [9.17, 15) is 18.0 Å². The first-order valence-corrected chi connectivity index (χ1v) is 7.34. The van der Waals surface area contributed by atoms with Crippen LogP contribution in [0.1, 0.15) is 23.7 Å². The standard InChI is InChI=1S/C14H11ClF3N5O3/c1-7(13(24)25)26-22-6-11-8(3-19)4-21-23(11)12-10(15)2-9(5-20-12)14(16,17)18/h2,4-5,7,22H,6H2,1H3,(H,24,25). The first kappa shape index (κ1) is 19.6. The fraction of sp³-hybridized carbons (Fsp3) is 0.286. The number of rotatable bonds is 6. The van der Waals surface area contributed by atoms with Crippen LogP contribution in [0.15, 0.2) is 18.5 Å². The molecule has 2 heterocycles. The summed E-state index contributed by atoms with van der Waals surface area (Å²) in [4.78, 5) is 19.2. The van der Waals surface area contributed by atoms with Crippen LogP contribution in [0.4, 0.5) is 13.2 Å². The van der Waals surface area contributed by atoms with Crippen LogP contribution in [0.5, 0.6) is 0 Å². The smallest absolute Gasteiger partial charge is 0.417 e. The van der Waals surface area contributed by atoms with Gasteiger partial charge in [-0.3, -0.25) is 4.84 Å². The second-order valence-corrected chi connectivity index (χ2v) is 5.38. The molecule has 26 heavy (non-hydrogen) atoms. The molecule has 12 heteroatoms. The molecule has 1 atom stereocenters. The Bertz CT molecular complexity index is 862. The maximum atomic E-state index is 12.7. The van der Waals surface area contributed by atoms with Crippen LogP contribution >= 0.6 is 11.6 Å². The summed E-state index contributed by atoms with van der Waals surface area (Å²) in [6, 6.07) is 2.55. The second kappa shape index (κ2) is 7.69. The van der Waals surface area contributed by atoms with Gasteiger partial charge >= 0.3 is 12.1 Å². The zero-order chi connectivity index (χ0) is 19.5. The molecule has 0 spiro atoms. The third kappa shape index (κ3) is 4.29. The maximum Gasteiger partial charge on any atom is 0.417 e. The average molecular weight is 390 g/mol. The molecule has 1 unspecified atom stereocenters. The van der Waals surface area contributed by atoms with Gasteiger partial charge in [-0.2, -0.15) is 29.0 Å². The van der Waals surface area contributed by atoms with Crippen molar-refractivity contribution in [2.24, 2.45) is 0 Å². The molecule has 0 aromatic carbocycles. The second-order valence-electron chi connectivity index (χ2n) is 4.98. The van der Waals surface area contributed by atoms with Gasteiger partial charge in [0, 0.05) is 6.20 Å². The van der Waals surface area contributed by atoms with E-state index in [0.717, 1.165) is 4.68 Å². The number of aliphatic carboxylic acids is 1. The van der Waals surface area contributed by atoms with Crippen molar-refractivity contribution in [3.63, 3.8) is 0 Å². The first-order valence-electron chi connectivity index (χ1n) is 6.96. The molecule has 0 saturated carbocycles. The van der Waals surface area contributed by atoms with E-state index in [0.29, 0.717) is 12.3 Å². The van der Waals surface area contributed by atoms with Gasteiger partial charge in [-0.15, -0.1) is 0 Å². The van der Waals surface area contributed by atoms with Crippen molar-refractivity contribution in [2.45, 2.75) is 25.7 Å². The molecular weight excluding hydrogens is 379 g/mol. The highest BCUT2D eigenvalue weighted by atomic mass is 35.5. The Kier molecular flexibility index (Phi) is 5.81. The molecule has 0 radical (unpaired) electrons. The average Bonchev–Trinajstić information content (AvgIpc) is 2.96. The number of halogens is 4. The van der Waals surface area contributed by atoms with Crippen molar-refractivity contribution in [2.75, 3.05) is 0 Å². The molecule has 2 rings (SSSR count). The van der Waals surface area contributed by atoms with E-state index in [4.69, 9.17) is 26.8 Å². The van der Waals surface area contributed by atoms with Gasteiger partial charge < -0.3 is 5.11 Å². The predicted molar refractivity (Wildman–Crippen MR) is 81.1 cm³/mol. The van der Waals surface area contributed by atoms with Crippen molar-refractivity contribution in [3.05, 3.63) is 40.3 Å². The minimum Gasteiger partial charge on any atom is -0.479 e. The van der Waals surface area contributed by atoms with Crippen LogP contribution in [0.2, 0.25) is 5.02 Å². The SMILES string of the molecule is CC(ONCc1c(C#N)cnn1-c1ncc(C(F)(F)F)cc1Cl)C(=O)O. The van der Waals surface area contributed by atoms with Gasteiger partial charge in [0.05, 0.1) is 34.6 Å². The molecule has 0 aliphatic heterocycles. The molecule has 0 saturated heterocycles. The lowest BCUT2D eigenvalue weighted by Crippen LogP contribution is -2.28. The monoisotopic (exact) mass is 389 g/mol. The summed E-state index contributed by atoms with van der Waals surface area (Å²) in [6.45, 7) is 1.12. The lowest BCUT2D eigenvalue weighted by molar-refractivity contribution is -0.154. The zero-order valence-corrected chi connectivity index (χ0v) is 13.8. The van der Waals surface area contributed by atoms with Crippen LogP contribution in [0.25, 0.3) is 5.82 Å². The molecule has 8 nitrogen and oxygen atoms in total. The van der Waals surface area contributed by atoms with Gasteiger partial charge in [-0.05, 0) is 13.0 Å². The van der Waals surface area contributed by atoms with E-state index in [1.165, 1.54) is 13.1 Å². The van der Waals surface area contributed by atoms with Gasteiger partial charge in [0.1, 0.15) is 6.07 Å². The number of hydrogen-bond acceptors (Lipinski definition) is 6. The minimum atomic E-state index is -4.61.